The molecular weight excluding hydrogens is 292 g/mol. The van der Waals surface area contributed by atoms with Gasteiger partial charge in [0.05, 0.1) is 0 Å². The summed E-state index contributed by atoms with van der Waals surface area (Å²) in [5, 5.41) is 4.89. The minimum absolute atomic E-state index is 1.20. The molecule has 2 heterocycles. The lowest BCUT2D eigenvalue weighted by Gasteiger charge is -1.91. The molecule has 2 aromatic carbocycles. The van der Waals surface area contributed by atoms with Gasteiger partial charge in [0.25, 0.3) is 0 Å². The molecule has 2 heteroatoms. The monoisotopic (exact) mass is 318 g/mol. The fourth-order valence-corrected chi connectivity index (χ4v) is 2.05. The maximum atomic E-state index is 4.01. The normalized spacial score (nSPS) is 8.83. The van der Waals surface area contributed by atoms with E-state index in [1.165, 1.54) is 21.5 Å². The van der Waals surface area contributed by atoms with Crippen LogP contribution in [0.15, 0.2) is 85.5 Å². The van der Waals surface area contributed by atoms with E-state index in [1.807, 2.05) is 88.9 Å². The quantitative estimate of drug-likeness (QED) is 0.369. The van der Waals surface area contributed by atoms with E-state index in [4.69, 9.17) is 0 Å². The number of rotatable bonds is 0. The molecule has 24 heavy (non-hydrogen) atoms. The van der Waals surface area contributed by atoms with Crippen molar-refractivity contribution in [2.24, 2.45) is 0 Å². The Bertz CT molecular complexity index is 623. The molecule has 124 valence electrons. The molecule has 2 aromatic heterocycles. The Balaban J connectivity index is 0.000000199. The Morgan fingerprint density at radius 2 is 0.792 bits per heavy atom. The summed E-state index contributed by atoms with van der Waals surface area (Å²) < 4.78 is 0. The number of nitrogens with zero attached hydrogens (tertiary/aromatic N) is 2. The third-order valence-corrected chi connectivity index (χ3v) is 3.10. The smallest absolute Gasteiger partial charge is 0.0346 e. The van der Waals surface area contributed by atoms with E-state index in [9.17, 15) is 0 Å². The van der Waals surface area contributed by atoms with Gasteiger partial charge in [-0.1, -0.05) is 76.2 Å². The van der Waals surface area contributed by atoms with Crippen LogP contribution >= 0.6 is 0 Å². The number of pyridine rings is 2. The standard InChI is InChI=1S/2C9H7N.2C2H6/c2*1-2-4-9-7-10-6-5-8(9)3-1;2*1-2/h2*1-7H;2*1-2H3. The van der Waals surface area contributed by atoms with Crippen LogP contribution in [-0.4, -0.2) is 9.97 Å². The molecule has 4 rings (SSSR count). The van der Waals surface area contributed by atoms with Crippen molar-refractivity contribution >= 4 is 21.5 Å². The van der Waals surface area contributed by atoms with Crippen LogP contribution in [0, 0.1) is 0 Å². The van der Waals surface area contributed by atoms with Crippen LogP contribution in [0.25, 0.3) is 21.5 Å². The predicted molar refractivity (Wildman–Crippen MR) is 106 cm³/mol. The number of aromatic nitrogens is 2. The van der Waals surface area contributed by atoms with Crippen LogP contribution in [0.2, 0.25) is 0 Å². The maximum Gasteiger partial charge on any atom is 0.0346 e. The molecule has 2 nitrogen and oxygen atoms in total. The zero-order valence-corrected chi connectivity index (χ0v) is 15.0. The van der Waals surface area contributed by atoms with Crippen molar-refractivity contribution in [3.63, 3.8) is 0 Å². The van der Waals surface area contributed by atoms with E-state index in [-0.39, 0.29) is 0 Å². The molecule has 0 aliphatic rings. The second-order valence-corrected chi connectivity index (χ2v) is 4.45. The van der Waals surface area contributed by atoms with Gasteiger partial charge in [0, 0.05) is 24.8 Å². The fourth-order valence-electron chi connectivity index (χ4n) is 2.05. The van der Waals surface area contributed by atoms with E-state index in [0.29, 0.717) is 0 Å². The highest BCUT2D eigenvalue weighted by Gasteiger charge is 1.86. The van der Waals surface area contributed by atoms with Gasteiger partial charge in [-0.25, -0.2) is 0 Å². The summed E-state index contributed by atoms with van der Waals surface area (Å²) in [5.41, 5.74) is 0. The Morgan fingerprint density at radius 1 is 0.458 bits per heavy atom. The summed E-state index contributed by atoms with van der Waals surface area (Å²) in [6.45, 7) is 8.00. The van der Waals surface area contributed by atoms with Gasteiger partial charge in [-0.15, -0.1) is 0 Å². The Labute approximate surface area is 145 Å². The van der Waals surface area contributed by atoms with E-state index in [2.05, 4.69) is 34.2 Å². The van der Waals surface area contributed by atoms with Crippen molar-refractivity contribution in [1.82, 2.24) is 9.97 Å². The third-order valence-electron chi connectivity index (χ3n) is 3.10. The van der Waals surface area contributed by atoms with Crippen molar-refractivity contribution in [3.05, 3.63) is 85.5 Å². The zero-order chi connectivity index (χ0) is 17.6. The Kier molecular flexibility index (Phi) is 9.48. The average molecular weight is 318 g/mol. The van der Waals surface area contributed by atoms with Crippen molar-refractivity contribution in [2.75, 3.05) is 0 Å². The van der Waals surface area contributed by atoms with Gasteiger partial charge >= 0.3 is 0 Å². The zero-order valence-electron chi connectivity index (χ0n) is 15.0. The van der Waals surface area contributed by atoms with Crippen LogP contribution < -0.4 is 0 Å². The van der Waals surface area contributed by atoms with Crippen LogP contribution in [0.4, 0.5) is 0 Å². The topological polar surface area (TPSA) is 25.8 Å². The lowest BCUT2D eigenvalue weighted by Crippen LogP contribution is -1.71. The molecule has 0 bridgehead atoms. The van der Waals surface area contributed by atoms with Crippen molar-refractivity contribution in [3.8, 4) is 0 Å². The second kappa shape index (κ2) is 11.8. The van der Waals surface area contributed by atoms with Crippen molar-refractivity contribution in [2.45, 2.75) is 27.7 Å². The third kappa shape index (κ3) is 5.81. The highest BCUT2D eigenvalue weighted by Crippen LogP contribution is 2.10. The molecule has 4 aromatic rings. The number of fused-ring (bicyclic) bond motifs is 2. The molecule has 0 atom stereocenters. The highest BCUT2D eigenvalue weighted by atomic mass is 14.6. The molecule has 0 aliphatic carbocycles. The Morgan fingerprint density at radius 3 is 1.12 bits per heavy atom. The minimum atomic E-state index is 1.20. The van der Waals surface area contributed by atoms with E-state index in [0.717, 1.165) is 0 Å². The Hall–Kier alpha value is -2.74. The average Bonchev–Trinajstić information content (AvgIpc) is 2.72. The minimum Gasteiger partial charge on any atom is -0.264 e. The summed E-state index contributed by atoms with van der Waals surface area (Å²) in [7, 11) is 0. The van der Waals surface area contributed by atoms with Gasteiger partial charge in [0.15, 0.2) is 0 Å². The molecule has 0 radical (unpaired) electrons. The van der Waals surface area contributed by atoms with Gasteiger partial charge in [0.2, 0.25) is 0 Å². The molecule has 0 N–H and O–H groups in total. The summed E-state index contributed by atoms with van der Waals surface area (Å²) in [4.78, 5) is 8.03. The maximum absolute atomic E-state index is 4.01. The molecule has 0 amide bonds. The van der Waals surface area contributed by atoms with Gasteiger partial charge in [-0.2, -0.15) is 0 Å². The highest BCUT2D eigenvalue weighted by molar-refractivity contribution is 5.81. The molecule has 0 fully saturated rings. The van der Waals surface area contributed by atoms with Crippen molar-refractivity contribution in [1.29, 1.82) is 0 Å². The lowest BCUT2D eigenvalue weighted by atomic mass is 10.2. The van der Waals surface area contributed by atoms with Gasteiger partial charge in [0.1, 0.15) is 0 Å². The fraction of sp³-hybridized carbons (Fsp3) is 0.182. The second-order valence-electron chi connectivity index (χ2n) is 4.45. The first-order valence-electron chi connectivity index (χ1n) is 8.51. The molecule has 0 unspecified atom stereocenters. The lowest BCUT2D eigenvalue weighted by molar-refractivity contribution is 1.36. The van der Waals surface area contributed by atoms with Crippen LogP contribution in [-0.2, 0) is 0 Å². The number of hydrogen-bond donors (Lipinski definition) is 0. The summed E-state index contributed by atoms with van der Waals surface area (Å²) in [6.07, 6.45) is 7.36. The van der Waals surface area contributed by atoms with Crippen molar-refractivity contribution < 1.29 is 0 Å². The first-order valence-corrected chi connectivity index (χ1v) is 8.51. The molecule has 0 saturated carbocycles. The first-order chi connectivity index (χ1) is 11.9. The van der Waals surface area contributed by atoms with E-state index in [1.54, 1.807) is 0 Å². The van der Waals surface area contributed by atoms with Crippen LogP contribution in [0.5, 0.6) is 0 Å². The van der Waals surface area contributed by atoms with Gasteiger partial charge in [-0.3, -0.25) is 9.97 Å². The number of benzene rings is 2. The van der Waals surface area contributed by atoms with E-state index < -0.39 is 0 Å². The molecule has 0 saturated heterocycles. The van der Waals surface area contributed by atoms with Gasteiger partial charge in [-0.05, 0) is 33.7 Å². The first kappa shape index (κ1) is 19.3. The van der Waals surface area contributed by atoms with Gasteiger partial charge < -0.3 is 0 Å². The van der Waals surface area contributed by atoms with Crippen LogP contribution in [0.1, 0.15) is 27.7 Å². The summed E-state index contributed by atoms with van der Waals surface area (Å²) >= 11 is 0. The largest absolute Gasteiger partial charge is 0.264 e. The summed E-state index contributed by atoms with van der Waals surface area (Å²) in [6, 6.07) is 20.4. The van der Waals surface area contributed by atoms with Crippen LogP contribution in [0.3, 0.4) is 0 Å². The summed E-state index contributed by atoms with van der Waals surface area (Å²) in [5.74, 6) is 0. The molecule has 0 spiro atoms. The van der Waals surface area contributed by atoms with E-state index >= 15 is 0 Å². The molecule has 0 aliphatic heterocycles. The number of hydrogen-bond acceptors (Lipinski definition) is 2. The molecular formula is C22H26N2. The predicted octanol–water partition coefficient (Wildman–Crippen LogP) is 6.52. The SMILES string of the molecule is CC.CC.c1ccc2cnccc2c1.c1ccc2cnccc2c1.